The Hall–Kier alpha value is -0.0800. The first kappa shape index (κ1) is 17.3. The minimum atomic E-state index is 0.551. The first-order chi connectivity index (χ1) is 10.0. The number of likely N-dealkylation sites (tertiary alicyclic amines) is 1. The van der Waals surface area contributed by atoms with Crippen LogP contribution in [-0.4, -0.2) is 37.6 Å². The van der Waals surface area contributed by atoms with Crippen LogP contribution < -0.4 is 5.32 Å². The van der Waals surface area contributed by atoms with Gasteiger partial charge in [-0.2, -0.15) is 0 Å². The molecule has 2 fully saturated rings. The molecule has 0 aromatic heterocycles. The van der Waals surface area contributed by atoms with Gasteiger partial charge in [0.05, 0.1) is 0 Å². The maximum atomic E-state index is 3.79. The van der Waals surface area contributed by atoms with Crippen molar-refractivity contribution >= 4 is 0 Å². The minimum absolute atomic E-state index is 0.551. The molecule has 1 saturated heterocycles. The van der Waals surface area contributed by atoms with Crippen LogP contribution >= 0.6 is 0 Å². The Balaban J connectivity index is 1.91. The van der Waals surface area contributed by atoms with E-state index in [2.05, 4.69) is 37.9 Å². The van der Waals surface area contributed by atoms with Crippen LogP contribution in [0.5, 0.6) is 0 Å². The highest BCUT2D eigenvalue weighted by Gasteiger charge is 2.37. The molecule has 0 aromatic carbocycles. The Kier molecular flexibility index (Phi) is 6.55. The molecule has 2 aliphatic rings. The van der Waals surface area contributed by atoms with Crippen LogP contribution in [-0.2, 0) is 0 Å². The fourth-order valence-electron chi connectivity index (χ4n) is 4.62. The van der Waals surface area contributed by atoms with Gasteiger partial charge < -0.3 is 10.2 Å². The van der Waals surface area contributed by atoms with Crippen LogP contribution in [0.25, 0.3) is 0 Å². The molecule has 1 aliphatic heterocycles. The SMILES string of the molecule is CCC1CCN(CC2(CNCC(C)C)CCCC(C)C2)C1. The van der Waals surface area contributed by atoms with Gasteiger partial charge in [0, 0.05) is 19.6 Å². The highest BCUT2D eigenvalue weighted by molar-refractivity contribution is 4.91. The van der Waals surface area contributed by atoms with E-state index in [4.69, 9.17) is 0 Å². The summed E-state index contributed by atoms with van der Waals surface area (Å²) in [5.74, 6) is 2.65. The van der Waals surface area contributed by atoms with Gasteiger partial charge in [0.25, 0.3) is 0 Å². The standard InChI is InChI=1S/C19H38N2/c1-5-18-8-10-21(13-18)15-19(14-20-12-16(2)3)9-6-7-17(4)11-19/h16-18,20H,5-15H2,1-4H3. The van der Waals surface area contributed by atoms with Gasteiger partial charge in [-0.25, -0.2) is 0 Å². The largest absolute Gasteiger partial charge is 0.316 e. The average molecular weight is 295 g/mol. The molecule has 1 saturated carbocycles. The van der Waals surface area contributed by atoms with Crippen molar-refractivity contribution in [3.05, 3.63) is 0 Å². The summed E-state index contributed by atoms with van der Waals surface area (Å²) in [4.78, 5) is 2.78. The van der Waals surface area contributed by atoms with Gasteiger partial charge in [-0.15, -0.1) is 0 Å². The van der Waals surface area contributed by atoms with E-state index < -0.39 is 0 Å². The van der Waals surface area contributed by atoms with Crippen molar-refractivity contribution in [3.63, 3.8) is 0 Å². The van der Waals surface area contributed by atoms with Crippen LogP contribution in [0.2, 0.25) is 0 Å². The third-order valence-electron chi connectivity index (χ3n) is 5.74. The van der Waals surface area contributed by atoms with Gasteiger partial charge in [0.1, 0.15) is 0 Å². The van der Waals surface area contributed by atoms with E-state index in [9.17, 15) is 0 Å². The second kappa shape index (κ2) is 7.97. The number of nitrogens with one attached hydrogen (secondary N) is 1. The van der Waals surface area contributed by atoms with Crippen LogP contribution in [0.15, 0.2) is 0 Å². The van der Waals surface area contributed by atoms with E-state index in [0.717, 1.165) is 17.8 Å². The first-order valence-electron chi connectivity index (χ1n) is 9.46. The van der Waals surface area contributed by atoms with Crippen LogP contribution in [0, 0.1) is 23.2 Å². The number of hydrogen-bond donors (Lipinski definition) is 1. The molecule has 2 nitrogen and oxygen atoms in total. The Morgan fingerprint density at radius 1 is 1.29 bits per heavy atom. The number of nitrogens with zero attached hydrogens (tertiary/aromatic N) is 1. The Morgan fingerprint density at radius 2 is 2.10 bits per heavy atom. The van der Waals surface area contributed by atoms with Gasteiger partial charge >= 0.3 is 0 Å². The summed E-state index contributed by atoms with van der Waals surface area (Å²) < 4.78 is 0. The lowest BCUT2D eigenvalue weighted by atomic mass is 9.69. The van der Waals surface area contributed by atoms with Crippen molar-refractivity contribution in [2.24, 2.45) is 23.2 Å². The predicted molar refractivity (Wildman–Crippen MR) is 92.6 cm³/mol. The molecule has 1 aliphatic carbocycles. The molecular formula is C19H38N2. The van der Waals surface area contributed by atoms with Crippen LogP contribution in [0.1, 0.15) is 66.2 Å². The maximum absolute atomic E-state index is 3.79. The zero-order valence-corrected chi connectivity index (χ0v) is 15.0. The van der Waals surface area contributed by atoms with Gasteiger partial charge in [0.2, 0.25) is 0 Å². The molecule has 1 N–H and O–H groups in total. The molecule has 0 bridgehead atoms. The number of rotatable bonds is 7. The Labute approximate surface area is 133 Å². The highest BCUT2D eigenvalue weighted by Crippen LogP contribution is 2.40. The van der Waals surface area contributed by atoms with Gasteiger partial charge in [-0.3, -0.25) is 0 Å². The monoisotopic (exact) mass is 294 g/mol. The van der Waals surface area contributed by atoms with Crippen molar-refractivity contribution in [3.8, 4) is 0 Å². The lowest BCUT2D eigenvalue weighted by molar-refractivity contribution is 0.0886. The topological polar surface area (TPSA) is 15.3 Å². The summed E-state index contributed by atoms with van der Waals surface area (Å²) in [7, 11) is 0. The van der Waals surface area contributed by atoms with E-state index in [1.165, 1.54) is 71.2 Å². The lowest BCUT2D eigenvalue weighted by Crippen LogP contribution is -2.46. The van der Waals surface area contributed by atoms with E-state index in [1.807, 2.05) is 0 Å². The van der Waals surface area contributed by atoms with Crippen molar-refractivity contribution in [1.29, 1.82) is 0 Å². The van der Waals surface area contributed by atoms with Gasteiger partial charge in [0.15, 0.2) is 0 Å². The number of hydrogen-bond acceptors (Lipinski definition) is 2. The smallest absolute Gasteiger partial charge is 0.00504 e. The normalized spacial score (nSPS) is 34.7. The Bertz CT molecular complexity index is 302. The summed E-state index contributed by atoms with van der Waals surface area (Å²) in [5, 5.41) is 3.79. The molecule has 0 radical (unpaired) electrons. The third kappa shape index (κ3) is 5.25. The molecular weight excluding hydrogens is 256 g/mol. The lowest BCUT2D eigenvalue weighted by Gasteiger charge is -2.43. The van der Waals surface area contributed by atoms with Crippen molar-refractivity contribution in [1.82, 2.24) is 10.2 Å². The fraction of sp³-hybridized carbons (Fsp3) is 1.00. The molecule has 21 heavy (non-hydrogen) atoms. The molecule has 2 heteroatoms. The summed E-state index contributed by atoms with van der Waals surface area (Å²) >= 11 is 0. The molecule has 0 amide bonds. The average Bonchev–Trinajstić information content (AvgIpc) is 2.85. The molecule has 2 rings (SSSR count). The Morgan fingerprint density at radius 3 is 2.71 bits per heavy atom. The second-order valence-electron chi connectivity index (χ2n) is 8.52. The maximum Gasteiger partial charge on any atom is 0.00504 e. The fourth-order valence-corrected chi connectivity index (χ4v) is 4.62. The van der Waals surface area contributed by atoms with Crippen molar-refractivity contribution < 1.29 is 0 Å². The second-order valence-corrected chi connectivity index (χ2v) is 8.52. The summed E-state index contributed by atoms with van der Waals surface area (Å²) in [6, 6.07) is 0. The first-order valence-corrected chi connectivity index (χ1v) is 9.46. The van der Waals surface area contributed by atoms with E-state index in [1.54, 1.807) is 0 Å². The molecule has 3 atom stereocenters. The van der Waals surface area contributed by atoms with Gasteiger partial charge in [-0.1, -0.05) is 47.0 Å². The third-order valence-corrected chi connectivity index (χ3v) is 5.74. The molecule has 0 spiro atoms. The zero-order chi connectivity index (χ0) is 15.3. The highest BCUT2D eigenvalue weighted by atomic mass is 15.2. The summed E-state index contributed by atoms with van der Waals surface area (Å²) in [5.41, 5.74) is 0.551. The minimum Gasteiger partial charge on any atom is -0.316 e. The zero-order valence-electron chi connectivity index (χ0n) is 15.0. The molecule has 0 aromatic rings. The summed E-state index contributed by atoms with van der Waals surface area (Å²) in [6.07, 6.45) is 8.56. The van der Waals surface area contributed by atoms with Crippen LogP contribution in [0.4, 0.5) is 0 Å². The summed E-state index contributed by atoms with van der Waals surface area (Å²) in [6.45, 7) is 15.9. The van der Waals surface area contributed by atoms with Crippen molar-refractivity contribution in [2.75, 3.05) is 32.7 Å². The van der Waals surface area contributed by atoms with Crippen molar-refractivity contribution in [2.45, 2.75) is 66.2 Å². The molecule has 1 heterocycles. The van der Waals surface area contributed by atoms with E-state index in [-0.39, 0.29) is 0 Å². The van der Waals surface area contributed by atoms with Gasteiger partial charge in [-0.05, 0) is 55.5 Å². The molecule has 124 valence electrons. The van der Waals surface area contributed by atoms with E-state index in [0.29, 0.717) is 5.41 Å². The van der Waals surface area contributed by atoms with E-state index >= 15 is 0 Å². The molecule has 3 unspecified atom stereocenters. The van der Waals surface area contributed by atoms with Crippen LogP contribution in [0.3, 0.4) is 0 Å². The predicted octanol–water partition coefficient (Wildman–Crippen LogP) is 4.16. The quantitative estimate of drug-likeness (QED) is 0.758.